The minimum absolute atomic E-state index is 0.343. The maximum absolute atomic E-state index is 10.4. The van der Waals surface area contributed by atoms with Crippen LogP contribution in [0.2, 0.25) is 0 Å². The number of carboxylic acids is 1. The summed E-state index contributed by atoms with van der Waals surface area (Å²) in [6.07, 6.45) is 33.0. The Morgan fingerprint density at radius 2 is 0.857 bits per heavy atom. The number of carboxylic acid groups (broad SMARTS) is 1. The average molecular weight is 395 g/mol. The molecule has 0 bridgehead atoms. The maximum Gasteiger partial charge on any atom is 0.303 e. The standard InChI is InChI=1S/C26H50O2/c1-2-3-4-5-6-7-8-9-10-11-12-13-14-15-16-17-18-19-20-21-22-23-24-25-26(27)28/h9-10H,2-8,11-25H2,1H3,(H,27,28)/b10-9+. The SMILES string of the molecule is CCCCCCCC/C=C/CCCCCCCCCCCCCCCC(=O)O. The van der Waals surface area contributed by atoms with E-state index in [-0.39, 0.29) is 0 Å². The lowest BCUT2D eigenvalue weighted by Crippen LogP contribution is -1.93. The summed E-state index contributed by atoms with van der Waals surface area (Å²) < 4.78 is 0. The molecule has 2 heteroatoms. The fourth-order valence-electron chi connectivity index (χ4n) is 3.76. The van der Waals surface area contributed by atoms with E-state index in [1.165, 1.54) is 122 Å². The van der Waals surface area contributed by atoms with E-state index in [0.29, 0.717) is 6.42 Å². The second-order valence-electron chi connectivity index (χ2n) is 8.56. The topological polar surface area (TPSA) is 37.3 Å². The third kappa shape index (κ3) is 25.2. The Labute approximate surface area is 176 Å². The highest BCUT2D eigenvalue weighted by Gasteiger charge is 1.97. The molecule has 1 N–H and O–H groups in total. The van der Waals surface area contributed by atoms with Crippen LogP contribution in [-0.4, -0.2) is 11.1 Å². The first-order chi connectivity index (χ1) is 13.8. The van der Waals surface area contributed by atoms with Crippen LogP contribution in [0.25, 0.3) is 0 Å². The lowest BCUT2D eigenvalue weighted by Gasteiger charge is -2.03. The van der Waals surface area contributed by atoms with Crippen molar-refractivity contribution in [3.63, 3.8) is 0 Å². The van der Waals surface area contributed by atoms with Crippen molar-refractivity contribution in [2.45, 2.75) is 148 Å². The molecule has 0 atom stereocenters. The van der Waals surface area contributed by atoms with Crippen molar-refractivity contribution in [1.82, 2.24) is 0 Å². The van der Waals surface area contributed by atoms with E-state index in [0.717, 1.165) is 12.8 Å². The molecule has 0 spiro atoms. The van der Waals surface area contributed by atoms with Crippen LogP contribution in [0.1, 0.15) is 148 Å². The van der Waals surface area contributed by atoms with Gasteiger partial charge < -0.3 is 5.11 Å². The maximum atomic E-state index is 10.4. The van der Waals surface area contributed by atoms with Crippen molar-refractivity contribution in [3.05, 3.63) is 12.2 Å². The Hall–Kier alpha value is -0.790. The van der Waals surface area contributed by atoms with Crippen molar-refractivity contribution >= 4 is 5.97 Å². The van der Waals surface area contributed by atoms with E-state index in [1.807, 2.05) is 0 Å². The number of carbonyl (C=O) groups is 1. The Kier molecular flexibility index (Phi) is 23.6. The molecule has 0 aromatic heterocycles. The van der Waals surface area contributed by atoms with E-state index < -0.39 is 5.97 Å². The van der Waals surface area contributed by atoms with E-state index in [1.54, 1.807) is 0 Å². The summed E-state index contributed by atoms with van der Waals surface area (Å²) in [5.74, 6) is -0.653. The van der Waals surface area contributed by atoms with Crippen LogP contribution in [0.3, 0.4) is 0 Å². The first kappa shape index (κ1) is 27.2. The van der Waals surface area contributed by atoms with Crippen LogP contribution in [0.5, 0.6) is 0 Å². The summed E-state index contributed by atoms with van der Waals surface area (Å²) in [6, 6.07) is 0. The van der Waals surface area contributed by atoms with Gasteiger partial charge in [0.15, 0.2) is 0 Å². The van der Waals surface area contributed by atoms with Gasteiger partial charge in [-0.2, -0.15) is 0 Å². The second-order valence-corrected chi connectivity index (χ2v) is 8.56. The molecule has 0 amide bonds. The molecule has 0 rings (SSSR count). The van der Waals surface area contributed by atoms with Crippen LogP contribution in [0.4, 0.5) is 0 Å². The largest absolute Gasteiger partial charge is 0.481 e. The average Bonchev–Trinajstić information content (AvgIpc) is 2.68. The molecule has 0 heterocycles. The number of hydrogen-bond acceptors (Lipinski definition) is 1. The van der Waals surface area contributed by atoms with Crippen LogP contribution in [0, 0.1) is 0 Å². The van der Waals surface area contributed by atoms with Crippen molar-refractivity contribution < 1.29 is 9.90 Å². The number of unbranched alkanes of at least 4 members (excludes halogenated alkanes) is 19. The van der Waals surface area contributed by atoms with Gasteiger partial charge in [-0.15, -0.1) is 0 Å². The van der Waals surface area contributed by atoms with Gasteiger partial charge in [0.05, 0.1) is 0 Å². The van der Waals surface area contributed by atoms with Gasteiger partial charge >= 0.3 is 5.97 Å². The molecular weight excluding hydrogens is 344 g/mol. The second kappa shape index (κ2) is 24.2. The van der Waals surface area contributed by atoms with Gasteiger partial charge in [0.25, 0.3) is 0 Å². The number of allylic oxidation sites excluding steroid dienone is 2. The zero-order chi connectivity index (χ0) is 20.5. The van der Waals surface area contributed by atoms with Crippen molar-refractivity contribution in [1.29, 1.82) is 0 Å². The Bertz CT molecular complexity index is 335. The first-order valence-electron chi connectivity index (χ1n) is 12.6. The number of rotatable bonds is 23. The molecule has 0 radical (unpaired) electrons. The number of aliphatic carboxylic acids is 1. The molecule has 0 aliphatic rings. The molecule has 0 aliphatic heterocycles. The first-order valence-corrected chi connectivity index (χ1v) is 12.6. The lowest BCUT2D eigenvalue weighted by molar-refractivity contribution is -0.137. The summed E-state index contributed by atoms with van der Waals surface area (Å²) in [4.78, 5) is 10.4. The van der Waals surface area contributed by atoms with Gasteiger partial charge in [-0.05, 0) is 32.1 Å². The van der Waals surface area contributed by atoms with Crippen molar-refractivity contribution in [3.8, 4) is 0 Å². The van der Waals surface area contributed by atoms with Gasteiger partial charge in [0.1, 0.15) is 0 Å². The predicted octanol–water partition coefficient (Wildman–Crippen LogP) is 9.23. The minimum Gasteiger partial charge on any atom is -0.481 e. The summed E-state index contributed by atoms with van der Waals surface area (Å²) >= 11 is 0. The number of hydrogen-bond donors (Lipinski definition) is 1. The van der Waals surface area contributed by atoms with E-state index in [4.69, 9.17) is 5.11 Å². The predicted molar refractivity (Wildman–Crippen MR) is 124 cm³/mol. The van der Waals surface area contributed by atoms with Crippen molar-refractivity contribution in [2.24, 2.45) is 0 Å². The molecule has 0 aromatic carbocycles. The fraction of sp³-hybridized carbons (Fsp3) is 0.885. The molecule has 2 nitrogen and oxygen atoms in total. The van der Waals surface area contributed by atoms with E-state index >= 15 is 0 Å². The Balaban J connectivity index is 3.06. The van der Waals surface area contributed by atoms with E-state index in [2.05, 4.69) is 19.1 Å². The summed E-state index contributed by atoms with van der Waals surface area (Å²) in [5.41, 5.74) is 0. The lowest BCUT2D eigenvalue weighted by atomic mass is 10.0. The van der Waals surface area contributed by atoms with Crippen LogP contribution in [0.15, 0.2) is 12.2 Å². The van der Waals surface area contributed by atoms with Crippen LogP contribution < -0.4 is 0 Å². The minimum atomic E-state index is -0.653. The van der Waals surface area contributed by atoms with Gasteiger partial charge in [-0.1, -0.05) is 122 Å². The molecule has 0 unspecified atom stereocenters. The third-order valence-electron chi connectivity index (χ3n) is 5.65. The fourth-order valence-corrected chi connectivity index (χ4v) is 3.76. The molecule has 0 saturated carbocycles. The zero-order valence-electron chi connectivity index (χ0n) is 19.1. The highest BCUT2D eigenvalue weighted by atomic mass is 16.4. The highest BCUT2D eigenvalue weighted by molar-refractivity contribution is 5.66. The zero-order valence-corrected chi connectivity index (χ0v) is 19.1. The molecule has 28 heavy (non-hydrogen) atoms. The third-order valence-corrected chi connectivity index (χ3v) is 5.65. The molecular formula is C26H50O2. The quantitative estimate of drug-likeness (QED) is 0.138. The highest BCUT2D eigenvalue weighted by Crippen LogP contribution is 2.14. The smallest absolute Gasteiger partial charge is 0.303 e. The Morgan fingerprint density at radius 3 is 1.21 bits per heavy atom. The molecule has 166 valence electrons. The summed E-state index contributed by atoms with van der Waals surface area (Å²) in [7, 11) is 0. The monoisotopic (exact) mass is 394 g/mol. The molecule has 0 fully saturated rings. The van der Waals surface area contributed by atoms with Gasteiger partial charge in [-0.3, -0.25) is 4.79 Å². The van der Waals surface area contributed by atoms with E-state index in [9.17, 15) is 4.79 Å². The van der Waals surface area contributed by atoms with Crippen LogP contribution in [-0.2, 0) is 4.79 Å². The van der Waals surface area contributed by atoms with Gasteiger partial charge in [0, 0.05) is 6.42 Å². The molecule has 0 aliphatic carbocycles. The van der Waals surface area contributed by atoms with Crippen LogP contribution >= 0.6 is 0 Å². The van der Waals surface area contributed by atoms with Gasteiger partial charge in [0.2, 0.25) is 0 Å². The van der Waals surface area contributed by atoms with Gasteiger partial charge in [-0.25, -0.2) is 0 Å². The van der Waals surface area contributed by atoms with Crippen molar-refractivity contribution in [2.75, 3.05) is 0 Å². The summed E-state index contributed by atoms with van der Waals surface area (Å²) in [6.45, 7) is 2.28. The molecule has 0 aromatic rings. The Morgan fingerprint density at radius 1 is 0.536 bits per heavy atom. The summed E-state index contributed by atoms with van der Waals surface area (Å²) in [5, 5.41) is 8.58. The normalized spacial score (nSPS) is 11.5. The molecule has 0 saturated heterocycles.